The van der Waals surface area contributed by atoms with E-state index in [9.17, 15) is 5.11 Å². The van der Waals surface area contributed by atoms with Crippen molar-refractivity contribution in [2.24, 2.45) is 0 Å². The summed E-state index contributed by atoms with van der Waals surface area (Å²) in [6.07, 6.45) is 3.71. The molecule has 110 valence electrons. The number of hydrogen-bond donors (Lipinski definition) is 2. The Bertz CT molecular complexity index is 783. The van der Waals surface area contributed by atoms with Crippen LogP contribution in [-0.4, -0.2) is 19.6 Å². The van der Waals surface area contributed by atoms with Crippen LogP contribution in [0.25, 0.3) is 11.3 Å². The number of hydrogen-bond acceptors (Lipinski definition) is 3. The summed E-state index contributed by atoms with van der Waals surface area (Å²) in [6.45, 7) is 0.493. The van der Waals surface area contributed by atoms with E-state index >= 15 is 0 Å². The van der Waals surface area contributed by atoms with Crippen molar-refractivity contribution >= 4 is 17.2 Å². The van der Waals surface area contributed by atoms with Gasteiger partial charge in [0.15, 0.2) is 0 Å². The number of nitrogens with zero attached hydrogens (tertiary/aromatic N) is 2. The lowest BCUT2D eigenvalue weighted by Gasteiger charge is -2.09. The summed E-state index contributed by atoms with van der Waals surface area (Å²) in [5, 5.41) is 12.9. The Morgan fingerprint density at radius 3 is 2.59 bits per heavy atom. The van der Waals surface area contributed by atoms with Gasteiger partial charge in [-0.3, -0.25) is 0 Å². The first kappa shape index (κ1) is 14.3. The van der Waals surface area contributed by atoms with E-state index in [1.165, 1.54) is 0 Å². The quantitative estimate of drug-likeness (QED) is 0.727. The molecule has 4 nitrogen and oxygen atoms in total. The molecule has 2 aromatic carbocycles. The second kappa shape index (κ2) is 6.41. The lowest BCUT2D eigenvalue weighted by atomic mass is 10.2. The standard InChI is InChI=1S/C17H15N3OS/c21-16-9-5-4-8-14(16)17(22)19-12-20-10-15(18-11-20)13-6-2-1-3-7-13/h1-11,21H,12H2,(H,19,22). The third-order valence-corrected chi connectivity index (χ3v) is 3.64. The molecule has 22 heavy (non-hydrogen) atoms. The molecule has 0 radical (unpaired) electrons. The summed E-state index contributed by atoms with van der Waals surface area (Å²) in [7, 11) is 0. The van der Waals surface area contributed by atoms with Crippen LogP contribution in [0.4, 0.5) is 0 Å². The molecule has 1 heterocycles. The van der Waals surface area contributed by atoms with E-state index in [-0.39, 0.29) is 5.75 Å². The van der Waals surface area contributed by atoms with Gasteiger partial charge in [-0.15, -0.1) is 0 Å². The summed E-state index contributed by atoms with van der Waals surface area (Å²) in [5.41, 5.74) is 2.61. The first-order valence-corrected chi connectivity index (χ1v) is 7.28. The van der Waals surface area contributed by atoms with Crippen molar-refractivity contribution in [1.82, 2.24) is 14.9 Å². The largest absolute Gasteiger partial charge is 0.507 e. The molecule has 0 aliphatic carbocycles. The lowest BCUT2D eigenvalue weighted by Crippen LogP contribution is -2.24. The van der Waals surface area contributed by atoms with Crippen LogP contribution in [0, 0.1) is 0 Å². The van der Waals surface area contributed by atoms with Crippen LogP contribution in [0.1, 0.15) is 5.56 Å². The number of thiocarbonyl (C=S) groups is 1. The number of phenols is 1. The fraction of sp³-hybridized carbons (Fsp3) is 0.0588. The van der Waals surface area contributed by atoms with Crippen LogP contribution in [-0.2, 0) is 6.67 Å². The van der Waals surface area contributed by atoms with E-state index in [2.05, 4.69) is 10.3 Å². The average molecular weight is 309 g/mol. The molecular formula is C17H15N3OS. The van der Waals surface area contributed by atoms with Gasteiger partial charge in [-0.2, -0.15) is 0 Å². The zero-order chi connectivity index (χ0) is 15.4. The highest BCUT2D eigenvalue weighted by molar-refractivity contribution is 7.80. The second-order valence-corrected chi connectivity index (χ2v) is 5.23. The minimum atomic E-state index is 0.176. The van der Waals surface area contributed by atoms with Gasteiger partial charge in [0.05, 0.1) is 24.3 Å². The fourth-order valence-corrected chi connectivity index (χ4v) is 2.37. The molecule has 0 aliphatic heterocycles. The summed E-state index contributed by atoms with van der Waals surface area (Å²) < 4.78 is 1.91. The molecule has 5 heteroatoms. The molecule has 0 bridgehead atoms. The summed E-state index contributed by atoms with van der Waals surface area (Å²) >= 11 is 5.30. The van der Waals surface area contributed by atoms with Gasteiger partial charge in [0.25, 0.3) is 0 Å². The molecule has 0 saturated heterocycles. The molecule has 0 saturated carbocycles. The van der Waals surface area contributed by atoms with Gasteiger partial charge in [0.2, 0.25) is 0 Å². The predicted octanol–water partition coefficient (Wildman–Crippen LogP) is 3.18. The highest BCUT2D eigenvalue weighted by atomic mass is 32.1. The van der Waals surface area contributed by atoms with Crippen LogP contribution in [0.3, 0.4) is 0 Å². The van der Waals surface area contributed by atoms with E-state index < -0.39 is 0 Å². The molecule has 0 aliphatic rings. The third kappa shape index (κ3) is 3.15. The van der Waals surface area contributed by atoms with Crippen molar-refractivity contribution in [3.63, 3.8) is 0 Å². The van der Waals surface area contributed by atoms with E-state index in [4.69, 9.17) is 12.2 Å². The molecule has 0 fully saturated rings. The van der Waals surface area contributed by atoms with Crippen molar-refractivity contribution < 1.29 is 5.11 Å². The van der Waals surface area contributed by atoms with Gasteiger partial charge in [-0.1, -0.05) is 54.7 Å². The van der Waals surface area contributed by atoms with Gasteiger partial charge in [0, 0.05) is 11.8 Å². The Balaban J connectivity index is 1.67. The summed E-state index contributed by atoms with van der Waals surface area (Å²) in [6, 6.07) is 17.0. The Kier molecular flexibility index (Phi) is 4.16. The fourth-order valence-electron chi connectivity index (χ4n) is 2.13. The molecule has 1 aromatic heterocycles. The van der Waals surface area contributed by atoms with Crippen LogP contribution in [0.5, 0.6) is 5.75 Å². The Labute approximate surface area is 134 Å². The zero-order valence-corrected chi connectivity index (χ0v) is 12.6. The summed E-state index contributed by atoms with van der Waals surface area (Å²) in [5.74, 6) is 0.176. The van der Waals surface area contributed by atoms with Crippen molar-refractivity contribution in [3.05, 3.63) is 72.7 Å². The number of phenolic OH excluding ortho intramolecular Hbond substituents is 1. The SMILES string of the molecule is Oc1ccccc1C(=S)NCn1cnc(-c2ccccc2)c1. The zero-order valence-electron chi connectivity index (χ0n) is 11.8. The molecule has 3 aromatic rings. The lowest BCUT2D eigenvalue weighted by molar-refractivity contribution is 0.474. The van der Waals surface area contributed by atoms with E-state index in [0.717, 1.165) is 11.3 Å². The number of imidazole rings is 1. The molecule has 3 rings (SSSR count). The number of rotatable bonds is 4. The first-order chi connectivity index (χ1) is 10.7. The van der Waals surface area contributed by atoms with E-state index in [1.807, 2.05) is 47.2 Å². The van der Waals surface area contributed by atoms with Gasteiger partial charge in [-0.25, -0.2) is 4.98 Å². The molecule has 2 N–H and O–H groups in total. The smallest absolute Gasteiger partial charge is 0.125 e. The van der Waals surface area contributed by atoms with Crippen molar-refractivity contribution in [1.29, 1.82) is 0 Å². The number of nitrogens with one attached hydrogen (secondary N) is 1. The van der Waals surface area contributed by atoms with Crippen LogP contribution in [0.15, 0.2) is 67.1 Å². The minimum Gasteiger partial charge on any atom is -0.507 e. The first-order valence-electron chi connectivity index (χ1n) is 6.87. The Hall–Kier alpha value is -2.66. The molecular weight excluding hydrogens is 294 g/mol. The highest BCUT2D eigenvalue weighted by Gasteiger charge is 2.06. The molecule has 0 amide bonds. The maximum atomic E-state index is 9.78. The van der Waals surface area contributed by atoms with E-state index in [1.54, 1.807) is 24.5 Å². The molecule has 0 spiro atoms. The second-order valence-electron chi connectivity index (χ2n) is 4.82. The van der Waals surface area contributed by atoms with E-state index in [0.29, 0.717) is 17.2 Å². The third-order valence-electron chi connectivity index (χ3n) is 3.27. The topological polar surface area (TPSA) is 50.1 Å². The highest BCUT2D eigenvalue weighted by Crippen LogP contribution is 2.17. The monoisotopic (exact) mass is 309 g/mol. The van der Waals surface area contributed by atoms with Gasteiger partial charge < -0.3 is 15.0 Å². The van der Waals surface area contributed by atoms with Crippen LogP contribution in [0.2, 0.25) is 0 Å². The number of aromatic nitrogens is 2. The number of aromatic hydroxyl groups is 1. The molecule has 0 unspecified atom stereocenters. The van der Waals surface area contributed by atoms with Gasteiger partial charge in [0.1, 0.15) is 10.7 Å². The van der Waals surface area contributed by atoms with Gasteiger partial charge in [-0.05, 0) is 12.1 Å². The van der Waals surface area contributed by atoms with Crippen molar-refractivity contribution in [3.8, 4) is 17.0 Å². The predicted molar refractivity (Wildman–Crippen MR) is 90.6 cm³/mol. The minimum absolute atomic E-state index is 0.176. The van der Waals surface area contributed by atoms with Gasteiger partial charge >= 0.3 is 0 Å². The molecule has 0 atom stereocenters. The van der Waals surface area contributed by atoms with Crippen molar-refractivity contribution in [2.75, 3.05) is 0 Å². The number of benzene rings is 2. The normalized spacial score (nSPS) is 10.4. The maximum absolute atomic E-state index is 9.78. The van der Waals surface area contributed by atoms with Crippen LogP contribution < -0.4 is 5.32 Å². The van der Waals surface area contributed by atoms with Crippen molar-refractivity contribution in [2.45, 2.75) is 6.67 Å². The maximum Gasteiger partial charge on any atom is 0.125 e. The number of para-hydroxylation sites is 1. The summed E-state index contributed by atoms with van der Waals surface area (Å²) in [4.78, 5) is 4.89. The Morgan fingerprint density at radius 2 is 1.82 bits per heavy atom. The van der Waals surface area contributed by atoms with Crippen LogP contribution >= 0.6 is 12.2 Å². The average Bonchev–Trinajstić information content (AvgIpc) is 3.03. The Morgan fingerprint density at radius 1 is 1.09 bits per heavy atom.